The number of halogens is 1. The molecule has 0 aliphatic heterocycles. The maximum Gasteiger partial charge on any atom is 0.303 e. The lowest BCUT2D eigenvalue weighted by molar-refractivity contribution is -0.137. The number of carboxylic acids is 1. The number of hydrogen-bond acceptors (Lipinski definition) is 5. The number of aromatic nitrogens is 1. The lowest BCUT2D eigenvalue weighted by Crippen LogP contribution is -2.26. The first-order valence-electron chi connectivity index (χ1n) is 10.3. The van der Waals surface area contributed by atoms with Crippen molar-refractivity contribution in [3.8, 4) is 16.9 Å². The van der Waals surface area contributed by atoms with Crippen molar-refractivity contribution < 1.29 is 19.4 Å². The van der Waals surface area contributed by atoms with Crippen LogP contribution in [0.15, 0.2) is 54.7 Å². The molecule has 0 saturated carbocycles. The first-order valence-corrected chi connectivity index (χ1v) is 10.7. The second kappa shape index (κ2) is 10.7. The Labute approximate surface area is 197 Å². The van der Waals surface area contributed by atoms with Crippen molar-refractivity contribution in [2.45, 2.75) is 19.8 Å². The predicted molar refractivity (Wildman–Crippen MR) is 129 cm³/mol. The molecule has 2 N–H and O–H groups in total. The van der Waals surface area contributed by atoms with Crippen LogP contribution in [-0.4, -0.2) is 41.8 Å². The summed E-state index contributed by atoms with van der Waals surface area (Å²) in [4.78, 5) is 29.7. The first-order chi connectivity index (χ1) is 15.8. The average molecular weight is 466 g/mol. The van der Waals surface area contributed by atoms with Gasteiger partial charge in [-0.1, -0.05) is 23.7 Å². The number of rotatable bonds is 9. The van der Waals surface area contributed by atoms with E-state index in [-0.39, 0.29) is 18.9 Å². The van der Waals surface area contributed by atoms with Crippen molar-refractivity contribution >= 4 is 35.4 Å². The van der Waals surface area contributed by atoms with Crippen LogP contribution in [0.3, 0.4) is 0 Å². The van der Waals surface area contributed by atoms with Gasteiger partial charge in [0.05, 0.1) is 18.0 Å². The molecule has 7 nitrogen and oxygen atoms in total. The number of carbonyl (C=O) groups excluding carboxylic acids is 1. The summed E-state index contributed by atoms with van der Waals surface area (Å²) in [6, 6.07) is 14.0. The highest BCUT2D eigenvalue weighted by atomic mass is 35.5. The van der Waals surface area contributed by atoms with Crippen molar-refractivity contribution in [3.63, 3.8) is 0 Å². The van der Waals surface area contributed by atoms with Crippen LogP contribution >= 0.6 is 11.6 Å². The van der Waals surface area contributed by atoms with Crippen molar-refractivity contribution in [3.05, 3.63) is 76.6 Å². The quantitative estimate of drug-likeness (QED) is 0.332. The second-order valence-corrected chi connectivity index (χ2v) is 7.85. The number of carbonyl (C=O) groups is 2. The maximum atomic E-state index is 13.3. The fourth-order valence-electron chi connectivity index (χ4n) is 3.37. The number of carboxylic acid groups (broad SMARTS) is 1. The number of nitrogens with zero attached hydrogens (tertiary/aromatic N) is 2. The highest BCUT2D eigenvalue weighted by molar-refractivity contribution is 6.33. The van der Waals surface area contributed by atoms with E-state index in [0.29, 0.717) is 39.7 Å². The van der Waals surface area contributed by atoms with E-state index >= 15 is 0 Å². The number of para-hydroxylation sites is 2. The van der Waals surface area contributed by atoms with Gasteiger partial charge < -0.3 is 20.2 Å². The lowest BCUT2D eigenvalue weighted by atomic mass is 9.99. The van der Waals surface area contributed by atoms with Crippen molar-refractivity contribution in [1.29, 1.82) is 5.41 Å². The molecular weight excluding hydrogens is 442 g/mol. The van der Waals surface area contributed by atoms with Crippen LogP contribution in [0.1, 0.15) is 34.5 Å². The first kappa shape index (κ1) is 23.9. The molecule has 0 aliphatic carbocycles. The second-order valence-electron chi connectivity index (χ2n) is 7.44. The SMILES string of the molecule is Cc1cc(C=N)ncc1-c1cc(C(=O)N(C)c2ccccc2OCCCC(=O)O)ccc1Cl. The molecule has 33 heavy (non-hydrogen) atoms. The molecule has 0 spiro atoms. The minimum Gasteiger partial charge on any atom is -0.491 e. The van der Waals surface area contributed by atoms with Gasteiger partial charge in [0.25, 0.3) is 5.91 Å². The Balaban J connectivity index is 1.87. The van der Waals surface area contributed by atoms with Gasteiger partial charge in [0.15, 0.2) is 0 Å². The highest BCUT2D eigenvalue weighted by Gasteiger charge is 2.19. The summed E-state index contributed by atoms with van der Waals surface area (Å²) in [6.07, 6.45) is 3.20. The molecule has 8 heteroatoms. The molecule has 3 aromatic rings. The molecule has 0 bridgehead atoms. The molecule has 0 saturated heterocycles. The van der Waals surface area contributed by atoms with Crippen LogP contribution in [0.2, 0.25) is 5.02 Å². The third-order valence-electron chi connectivity index (χ3n) is 5.11. The summed E-state index contributed by atoms with van der Waals surface area (Å²) in [5.74, 6) is -0.637. The Morgan fingerprint density at radius 2 is 1.94 bits per heavy atom. The Kier molecular flexibility index (Phi) is 7.79. The van der Waals surface area contributed by atoms with Gasteiger partial charge in [0.1, 0.15) is 5.75 Å². The molecule has 0 atom stereocenters. The zero-order valence-electron chi connectivity index (χ0n) is 18.3. The normalized spacial score (nSPS) is 10.5. The van der Waals surface area contributed by atoms with E-state index in [9.17, 15) is 9.59 Å². The number of aliphatic carboxylic acids is 1. The molecule has 0 aliphatic rings. The van der Waals surface area contributed by atoms with E-state index < -0.39 is 5.97 Å². The molecule has 1 amide bonds. The van der Waals surface area contributed by atoms with Crippen molar-refractivity contribution in [2.75, 3.05) is 18.6 Å². The Hall–Kier alpha value is -3.71. The number of anilines is 1. The lowest BCUT2D eigenvalue weighted by Gasteiger charge is -2.21. The molecule has 0 radical (unpaired) electrons. The monoisotopic (exact) mass is 465 g/mol. The zero-order chi connectivity index (χ0) is 24.0. The molecule has 1 aromatic heterocycles. The van der Waals surface area contributed by atoms with E-state index in [1.807, 2.05) is 6.92 Å². The van der Waals surface area contributed by atoms with E-state index in [4.69, 9.17) is 26.9 Å². The highest BCUT2D eigenvalue weighted by Crippen LogP contribution is 2.33. The van der Waals surface area contributed by atoms with Gasteiger partial charge in [0.2, 0.25) is 0 Å². The largest absolute Gasteiger partial charge is 0.491 e. The number of pyridine rings is 1. The average Bonchev–Trinajstić information content (AvgIpc) is 2.81. The van der Waals surface area contributed by atoms with E-state index in [1.54, 1.807) is 61.8 Å². The van der Waals surface area contributed by atoms with Gasteiger partial charge in [-0.2, -0.15) is 0 Å². The van der Waals surface area contributed by atoms with E-state index in [2.05, 4.69) is 4.98 Å². The van der Waals surface area contributed by atoms with Gasteiger partial charge in [-0.25, -0.2) is 0 Å². The summed E-state index contributed by atoms with van der Waals surface area (Å²) in [6.45, 7) is 2.13. The van der Waals surface area contributed by atoms with Gasteiger partial charge in [-0.05, 0) is 55.3 Å². The van der Waals surface area contributed by atoms with Crippen molar-refractivity contribution in [1.82, 2.24) is 4.98 Å². The van der Waals surface area contributed by atoms with Crippen LogP contribution < -0.4 is 9.64 Å². The minimum absolute atomic E-state index is 0.0135. The van der Waals surface area contributed by atoms with Crippen LogP contribution in [0.25, 0.3) is 11.1 Å². The molecule has 1 heterocycles. The minimum atomic E-state index is -0.879. The van der Waals surface area contributed by atoms with Gasteiger partial charge in [-0.3, -0.25) is 14.6 Å². The molecule has 0 fully saturated rings. The smallest absolute Gasteiger partial charge is 0.303 e. The summed E-state index contributed by atoms with van der Waals surface area (Å²) in [5, 5.41) is 16.6. The maximum absolute atomic E-state index is 13.3. The Morgan fingerprint density at radius 1 is 1.18 bits per heavy atom. The summed E-state index contributed by atoms with van der Waals surface area (Å²) in [5.41, 5.74) is 3.90. The van der Waals surface area contributed by atoms with Crippen LogP contribution in [-0.2, 0) is 4.79 Å². The summed E-state index contributed by atoms with van der Waals surface area (Å²) in [7, 11) is 1.65. The number of ether oxygens (including phenoxy) is 1. The van der Waals surface area contributed by atoms with Gasteiger partial charge >= 0.3 is 5.97 Å². The van der Waals surface area contributed by atoms with E-state index in [0.717, 1.165) is 11.1 Å². The molecule has 2 aromatic carbocycles. The van der Waals surface area contributed by atoms with Crippen molar-refractivity contribution in [2.24, 2.45) is 0 Å². The Bertz CT molecular complexity index is 1200. The number of nitrogens with one attached hydrogen (secondary N) is 1. The fourth-order valence-corrected chi connectivity index (χ4v) is 3.59. The van der Waals surface area contributed by atoms with Gasteiger partial charge in [0, 0.05) is 47.6 Å². The van der Waals surface area contributed by atoms with Crippen LogP contribution in [0.4, 0.5) is 5.69 Å². The molecule has 0 unspecified atom stereocenters. The van der Waals surface area contributed by atoms with Gasteiger partial charge in [-0.15, -0.1) is 0 Å². The number of aryl methyl sites for hydroxylation is 1. The summed E-state index contributed by atoms with van der Waals surface area (Å²) >= 11 is 6.44. The standard InChI is InChI=1S/C25H24ClN3O4/c1-16-12-18(14-27)28-15-20(16)19-13-17(9-10-21(19)26)25(32)29(2)22-6-3-4-7-23(22)33-11-5-8-24(30)31/h3-4,6-7,9-10,12-15,27H,5,8,11H2,1-2H3,(H,30,31). The topological polar surface area (TPSA) is 104 Å². The summed E-state index contributed by atoms with van der Waals surface area (Å²) < 4.78 is 5.74. The molecule has 170 valence electrons. The zero-order valence-corrected chi connectivity index (χ0v) is 19.1. The predicted octanol–water partition coefficient (Wildman–Crippen LogP) is 5.23. The third-order valence-corrected chi connectivity index (χ3v) is 5.44. The van der Waals surface area contributed by atoms with E-state index in [1.165, 1.54) is 11.1 Å². The Morgan fingerprint density at radius 3 is 2.64 bits per heavy atom. The number of hydrogen-bond donors (Lipinski definition) is 2. The van der Waals surface area contributed by atoms with Crippen LogP contribution in [0.5, 0.6) is 5.75 Å². The number of benzene rings is 2. The third kappa shape index (κ3) is 5.75. The molecular formula is C25H24ClN3O4. The van der Waals surface area contributed by atoms with Crippen LogP contribution in [0, 0.1) is 12.3 Å². The molecule has 3 rings (SSSR count). The number of amides is 1. The fraction of sp³-hybridized carbons (Fsp3) is 0.200.